The summed E-state index contributed by atoms with van der Waals surface area (Å²) in [6, 6.07) is -0.418. The molecule has 0 radical (unpaired) electrons. The van der Waals surface area contributed by atoms with E-state index in [0.29, 0.717) is 6.42 Å². The number of piperidine rings is 1. The van der Waals surface area contributed by atoms with Crippen LogP contribution >= 0.6 is 0 Å². The highest BCUT2D eigenvalue weighted by Gasteiger charge is 2.28. The minimum absolute atomic E-state index is 0.0356. The molecule has 18 heavy (non-hydrogen) atoms. The zero-order chi connectivity index (χ0) is 12.7. The number of aromatic amines is 1. The number of H-pyrrole nitrogens is 1. The number of imidazole rings is 2. The first-order valence-electron chi connectivity index (χ1n) is 6.16. The van der Waals surface area contributed by atoms with Crippen molar-refractivity contribution in [2.24, 2.45) is 0 Å². The van der Waals surface area contributed by atoms with Crippen LogP contribution < -0.4 is 5.32 Å². The molecule has 0 aliphatic carbocycles. The predicted molar refractivity (Wildman–Crippen MR) is 65.4 cm³/mol. The summed E-state index contributed by atoms with van der Waals surface area (Å²) in [5, 5.41) is 12.2. The molecule has 6 heteroatoms. The summed E-state index contributed by atoms with van der Waals surface area (Å²) in [4.78, 5) is 18.7. The fourth-order valence-electron chi connectivity index (χ4n) is 2.55. The minimum atomic E-state index is -0.777. The Labute approximate surface area is 104 Å². The number of aromatic nitrogens is 3. The minimum Gasteiger partial charge on any atom is -0.480 e. The van der Waals surface area contributed by atoms with Crippen LogP contribution in [0.4, 0.5) is 0 Å². The number of nitrogens with zero attached hydrogens (tertiary/aromatic N) is 2. The molecule has 0 amide bonds. The van der Waals surface area contributed by atoms with Gasteiger partial charge in [0.2, 0.25) is 5.78 Å². The summed E-state index contributed by atoms with van der Waals surface area (Å²) in [6.45, 7) is 1.98. The summed E-state index contributed by atoms with van der Waals surface area (Å²) in [7, 11) is 0. The molecule has 2 atom stereocenters. The van der Waals surface area contributed by atoms with Crippen molar-refractivity contribution in [2.75, 3.05) is 0 Å². The van der Waals surface area contributed by atoms with Crippen molar-refractivity contribution < 1.29 is 9.90 Å². The molecule has 1 aliphatic heterocycles. The van der Waals surface area contributed by atoms with Crippen molar-refractivity contribution in [3.63, 3.8) is 0 Å². The summed E-state index contributed by atoms with van der Waals surface area (Å²) in [6.07, 6.45) is 6.47. The molecule has 0 spiro atoms. The van der Waals surface area contributed by atoms with Crippen molar-refractivity contribution in [3.8, 4) is 0 Å². The van der Waals surface area contributed by atoms with Crippen LogP contribution in [0.5, 0.6) is 0 Å². The molecule has 96 valence electrons. The lowest BCUT2D eigenvalue weighted by molar-refractivity contribution is -0.140. The van der Waals surface area contributed by atoms with Gasteiger partial charge in [0.15, 0.2) is 0 Å². The van der Waals surface area contributed by atoms with E-state index in [2.05, 4.69) is 15.3 Å². The lowest BCUT2D eigenvalue weighted by atomic mass is 9.97. The van der Waals surface area contributed by atoms with Gasteiger partial charge >= 0.3 is 5.97 Å². The van der Waals surface area contributed by atoms with E-state index in [4.69, 9.17) is 5.11 Å². The number of aliphatic carboxylic acids is 1. The van der Waals surface area contributed by atoms with E-state index in [1.54, 1.807) is 0 Å². The van der Waals surface area contributed by atoms with E-state index in [9.17, 15) is 4.79 Å². The first-order chi connectivity index (χ1) is 8.63. The topological polar surface area (TPSA) is 82.4 Å². The van der Waals surface area contributed by atoms with Gasteiger partial charge in [0.1, 0.15) is 6.04 Å². The van der Waals surface area contributed by atoms with Crippen LogP contribution in [-0.2, 0) is 4.79 Å². The fourth-order valence-corrected chi connectivity index (χ4v) is 2.55. The number of rotatable bonds is 2. The highest BCUT2D eigenvalue weighted by molar-refractivity contribution is 5.73. The summed E-state index contributed by atoms with van der Waals surface area (Å²) < 4.78 is 1.94. The molecule has 2 aromatic rings. The maximum absolute atomic E-state index is 11.0. The Bertz CT molecular complexity index is 554. The molecule has 0 aromatic carbocycles. The number of carbonyl (C=O) groups is 1. The van der Waals surface area contributed by atoms with E-state index < -0.39 is 12.0 Å². The Morgan fingerprint density at radius 1 is 1.50 bits per heavy atom. The van der Waals surface area contributed by atoms with Crippen molar-refractivity contribution in [1.29, 1.82) is 0 Å². The molecule has 0 bridgehead atoms. The van der Waals surface area contributed by atoms with Gasteiger partial charge in [0.25, 0.3) is 0 Å². The van der Waals surface area contributed by atoms with Crippen molar-refractivity contribution in [3.05, 3.63) is 23.8 Å². The summed E-state index contributed by atoms with van der Waals surface area (Å²) >= 11 is 0. The van der Waals surface area contributed by atoms with Gasteiger partial charge in [-0.2, -0.15) is 0 Å². The maximum Gasteiger partial charge on any atom is 0.320 e. The van der Waals surface area contributed by atoms with Crippen LogP contribution in [0.1, 0.15) is 36.7 Å². The molecule has 3 N–H and O–H groups in total. The monoisotopic (exact) mass is 248 g/mol. The van der Waals surface area contributed by atoms with Gasteiger partial charge in [-0.05, 0) is 26.2 Å². The van der Waals surface area contributed by atoms with Crippen molar-refractivity contribution in [1.82, 2.24) is 19.7 Å². The Balaban J connectivity index is 1.84. The second kappa shape index (κ2) is 4.13. The third-order valence-electron chi connectivity index (χ3n) is 3.44. The third kappa shape index (κ3) is 1.88. The van der Waals surface area contributed by atoms with Gasteiger partial charge in [-0.15, -0.1) is 0 Å². The average molecular weight is 248 g/mol. The molecular formula is C12H16N4O2. The number of fused-ring (bicyclic) bond motifs is 1. The molecule has 1 aliphatic rings. The first kappa shape index (κ1) is 11.3. The normalized spacial score (nSPS) is 24.5. The molecule has 3 heterocycles. The number of nitrogens with one attached hydrogen (secondary N) is 2. The Morgan fingerprint density at radius 3 is 3.06 bits per heavy atom. The second-order valence-corrected chi connectivity index (χ2v) is 4.87. The van der Waals surface area contributed by atoms with Gasteiger partial charge in [-0.1, -0.05) is 0 Å². The number of carboxylic acids is 1. The zero-order valence-electron chi connectivity index (χ0n) is 10.2. The second-order valence-electron chi connectivity index (χ2n) is 4.87. The molecule has 1 fully saturated rings. The number of hydrogen-bond donors (Lipinski definition) is 3. The molecule has 0 saturated carbocycles. The largest absolute Gasteiger partial charge is 0.480 e. The fraction of sp³-hybridized carbons (Fsp3) is 0.500. The van der Waals surface area contributed by atoms with Crippen LogP contribution in [0, 0.1) is 6.92 Å². The van der Waals surface area contributed by atoms with Crippen LogP contribution in [0.15, 0.2) is 12.4 Å². The highest BCUT2D eigenvalue weighted by Crippen LogP contribution is 2.25. The quantitative estimate of drug-likeness (QED) is 0.746. The summed E-state index contributed by atoms with van der Waals surface area (Å²) in [5.74, 6) is 0.0297. The smallest absolute Gasteiger partial charge is 0.320 e. The van der Waals surface area contributed by atoms with Crippen molar-refractivity contribution >= 4 is 11.7 Å². The lowest BCUT2D eigenvalue weighted by Crippen LogP contribution is -2.42. The molecule has 3 rings (SSSR count). The Kier molecular flexibility index (Phi) is 2.59. The third-order valence-corrected chi connectivity index (χ3v) is 3.44. The number of carboxylic acid groups (broad SMARTS) is 1. The zero-order valence-corrected chi connectivity index (χ0v) is 10.2. The van der Waals surface area contributed by atoms with Gasteiger partial charge < -0.3 is 10.1 Å². The summed E-state index contributed by atoms with van der Waals surface area (Å²) in [5.41, 5.74) is 1.97. The van der Waals surface area contributed by atoms with Crippen LogP contribution in [-0.4, -0.2) is 31.5 Å². The first-order valence-corrected chi connectivity index (χ1v) is 6.16. The van der Waals surface area contributed by atoms with E-state index in [1.807, 2.05) is 23.7 Å². The molecule has 6 nitrogen and oxygen atoms in total. The molecular weight excluding hydrogens is 232 g/mol. The highest BCUT2D eigenvalue weighted by atomic mass is 16.4. The van der Waals surface area contributed by atoms with Gasteiger partial charge in [-0.3, -0.25) is 14.5 Å². The Morgan fingerprint density at radius 2 is 2.33 bits per heavy atom. The molecule has 2 aromatic heterocycles. The van der Waals surface area contributed by atoms with E-state index in [0.717, 1.165) is 30.0 Å². The van der Waals surface area contributed by atoms with Gasteiger partial charge in [0.05, 0.1) is 11.7 Å². The van der Waals surface area contributed by atoms with E-state index in [-0.39, 0.29) is 6.04 Å². The van der Waals surface area contributed by atoms with Crippen molar-refractivity contribution in [2.45, 2.75) is 38.3 Å². The predicted octanol–water partition coefficient (Wildman–Crippen LogP) is 1.24. The van der Waals surface area contributed by atoms with Gasteiger partial charge in [0, 0.05) is 18.1 Å². The SMILES string of the molecule is Cc1cn2cc(C3CCCC(C(=O)O)N3)nc2[nH]1. The standard InChI is InChI=1S/C12H16N4O2/c1-7-5-16-6-10(15-12(16)13-7)8-3-2-4-9(14-8)11(17)18/h5-6,8-9,14H,2-4H2,1H3,(H,13,15)(H,17,18). The number of hydrogen-bond acceptors (Lipinski definition) is 3. The van der Waals surface area contributed by atoms with E-state index in [1.165, 1.54) is 0 Å². The van der Waals surface area contributed by atoms with Crippen LogP contribution in [0.25, 0.3) is 5.78 Å². The molecule has 1 saturated heterocycles. The maximum atomic E-state index is 11.0. The van der Waals surface area contributed by atoms with Crippen LogP contribution in [0.3, 0.4) is 0 Å². The molecule has 2 unspecified atom stereocenters. The average Bonchev–Trinajstić information content (AvgIpc) is 2.86. The van der Waals surface area contributed by atoms with Gasteiger partial charge in [-0.25, -0.2) is 4.98 Å². The number of aryl methyl sites for hydroxylation is 1. The lowest BCUT2D eigenvalue weighted by Gasteiger charge is -2.27. The van der Waals surface area contributed by atoms with Crippen LogP contribution in [0.2, 0.25) is 0 Å². The van der Waals surface area contributed by atoms with E-state index >= 15 is 0 Å². The Hall–Kier alpha value is -1.82.